The number of hydrogen-bond acceptors (Lipinski definition) is 2. The molecule has 0 spiro atoms. The van der Waals surface area contributed by atoms with Crippen molar-refractivity contribution in [1.29, 1.82) is 0 Å². The largest absolute Gasteiger partial charge is 0.481 e. The minimum atomic E-state index is -0.706. The van der Waals surface area contributed by atoms with Crippen molar-refractivity contribution in [2.75, 3.05) is 6.54 Å². The molecule has 0 rings (SSSR count). The van der Waals surface area contributed by atoms with Crippen molar-refractivity contribution >= 4 is 11.9 Å². The predicted molar refractivity (Wildman–Crippen MR) is 72.4 cm³/mol. The highest BCUT2D eigenvalue weighted by molar-refractivity contribution is 5.75. The van der Waals surface area contributed by atoms with Crippen LogP contribution < -0.4 is 5.32 Å². The number of unbranched alkanes of at least 4 members (excludes halogenated alkanes) is 5. The zero-order valence-corrected chi connectivity index (χ0v) is 11.7. The number of nitrogens with one attached hydrogen (secondary N) is 1. The first-order valence-electron chi connectivity index (χ1n) is 7.01. The summed E-state index contributed by atoms with van der Waals surface area (Å²) in [5, 5.41) is 11.4. The monoisotopic (exact) mass is 257 g/mol. The van der Waals surface area contributed by atoms with Crippen molar-refractivity contribution in [3.8, 4) is 0 Å². The van der Waals surface area contributed by atoms with Crippen LogP contribution in [0.3, 0.4) is 0 Å². The van der Waals surface area contributed by atoms with Gasteiger partial charge in [0.2, 0.25) is 5.91 Å². The number of carboxylic acid groups (broad SMARTS) is 1. The average molecular weight is 257 g/mol. The predicted octanol–water partition coefficient (Wildman–Crippen LogP) is 2.96. The fourth-order valence-corrected chi connectivity index (χ4v) is 1.78. The van der Waals surface area contributed by atoms with Gasteiger partial charge in [-0.15, -0.1) is 0 Å². The van der Waals surface area contributed by atoms with Gasteiger partial charge in [-0.25, -0.2) is 0 Å². The van der Waals surface area contributed by atoms with Gasteiger partial charge in [-0.05, 0) is 18.8 Å². The Bertz CT molecular complexity index is 239. The highest BCUT2D eigenvalue weighted by Crippen LogP contribution is 2.07. The fraction of sp³-hybridized carbons (Fsp3) is 0.857. The van der Waals surface area contributed by atoms with Crippen LogP contribution in [0.1, 0.15) is 65.2 Å². The number of aliphatic carboxylic acids is 1. The molecule has 0 aromatic heterocycles. The van der Waals surface area contributed by atoms with E-state index in [4.69, 9.17) is 5.11 Å². The van der Waals surface area contributed by atoms with Crippen LogP contribution in [-0.2, 0) is 9.59 Å². The van der Waals surface area contributed by atoms with E-state index in [1.807, 2.05) is 13.8 Å². The smallest absolute Gasteiger partial charge is 0.303 e. The van der Waals surface area contributed by atoms with Gasteiger partial charge in [0.05, 0.1) is 0 Å². The molecule has 1 amide bonds. The van der Waals surface area contributed by atoms with Crippen molar-refractivity contribution in [2.45, 2.75) is 65.2 Å². The van der Waals surface area contributed by atoms with E-state index in [1.54, 1.807) is 0 Å². The molecule has 106 valence electrons. The number of amides is 1. The third-order valence-electron chi connectivity index (χ3n) is 2.73. The molecule has 0 heterocycles. The lowest BCUT2D eigenvalue weighted by atomic mass is 10.1. The van der Waals surface area contributed by atoms with E-state index in [2.05, 4.69) is 5.32 Å². The summed E-state index contributed by atoms with van der Waals surface area (Å²) in [6.45, 7) is 4.84. The van der Waals surface area contributed by atoms with Crippen LogP contribution in [0.2, 0.25) is 0 Å². The molecule has 4 heteroatoms. The molecule has 0 aliphatic carbocycles. The summed E-state index contributed by atoms with van der Waals surface area (Å²) in [4.78, 5) is 21.6. The second-order valence-electron chi connectivity index (χ2n) is 5.21. The Balaban J connectivity index is 3.16. The second-order valence-corrected chi connectivity index (χ2v) is 5.21. The van der Waals surface area contributed by atoms with Gasteiger partial charge in [0, 0.05) is 19.4 Å². The van der Waals surface area contributed by atoms with Gasteiger partial charge < -0.3 is 10.4 Å². The molecular weight excluding hydrogens is 230 g/mol. The quantitative estimate of drug-likeness (QED) is 0.559. The molecule has 0 aromatic rings. The Morgan fingerprint density at radius 3 is 2.11 bits per heavy atom. The third-order valence-corrected chi connectivity index (χ3v) is 2.73. The summed E-state index contributed by atoms with van der Waals surface area (Å²) in [5.74, 6) is -0.145. The Labute approximate surface area is 110 Å². The van der Waals surface area contributed by atoms with E-state index in [0.717, 1.165) is 45.1 Å². The van der Waals surface area contributed by atoms with Gasteiger partial charge in [-0.2, -0.15) is 0 Å². The third kappa shape index (κ3) is 13.0. The maximum atomic E-state index is 11.3. The molecule has 0 saturated carbocycles. The van der Waals surface area contributed by atoms with Crippen LogP contribution in [-0.4, -0.2) is 23.5 Å². The molecule has 0 aromatic carbocycles. The summed E-state index contributed by atoms with van der Waals surface area (Å²) in [5.41, 5.74) is 0. The Morgan fingerprint density at radius 2 is 1.56 bits per heavy atom. The first-order chi connectivity index (χ1) is 8.52. The van der Waals surface area contributed by atoms with Gasteiger partial charge in [0.1, 0.15) is 0 Å². The first-order valence-corrected chi connectivity index (χ1v) is 7.01. The lowest BCUT2D eigenvalue weighted by Gasteiger charge is -2.06. The molecule has 0 unspecified atom stereocenters. The van der Waals surface area contributed by atoms with Gasteiger partial charge in [-0.1, -0.05) is 39.5 Å². The topological polar surface area (TPSA) is 66.4 Å². The van der Waals surface area contributed by atoms with Crippen LogP contribution in [0.4, 0.5) is 0 Å². The second kappa shape index (κ2) is 11.1. The molecule has 0 aliphatic heterocycles. The number of hydrogen-bond donors (Lipinski definition) is 2. The lowest BCUT2D eigenvalue weighted by molar-refractivity contribution is -0.137. The maximum absolute atomic E-state index is 11.3. The van der Waals surface area contributed by atoms with Crippen molar-refractivity contribution in [1.82, 2.24) is 5.32 Å². The molecular formula is C14H27NO3. The van der Waals surface area contributed by atoms with E-state index in [1.165, 1.54) is 0 Å². The number of carbonyl (C=O) groups is 2. The highest BCUT2D eigenvalue weighted by atomic mass is 16.4. The molecule has 0 saturated heterocycles. The molecule has 0 fully saturated rings. The minimum absolute atomic E-state index is 0.145. The van der Waals surface area contributed by atoms with Crippen molar-refractivity contribution in [3.63, 3.8) is 0 Å². The van der Waals surface area contributed by atoms with Gasteiger partial charge in [0.25, 0.3) is 0 Å². The highest BCUT2D eigenvalue weighted by Gasteiger charge is 2.03. The first kappa shape index (κ1) is 16.9. The number of rotatable bonds is 11. The van der Waals surface area contributed by atoms with Gasteiger partial charge in [-0.3, -0.25) is 9.59 Å². The summed E-state index contributed by atoms with van der Waals surface area (Å²) >= 11 is 0. The summed E-state index contributed by atoms with van der Waals surface area (Å²) in [6, 6.07) is 0. The normalized spacial score (nSPS) is 10.6. The van der Waals surface area contributed by atoms with Crippen LogP contribution in [0.15, 0.2) is 0 Å². The van der Waals surface area contributed by atoms with E-state index >= 15 is 0 Å². The van der Waals surface area contributed by atoms with Gasteiger partial charge >= 0.3 is 5.97 Å². The van der Waals surface area contributed by atoms with Crippen LogP contribution in [0.5, 0.6) is 0 Å². The van der Waals surface area contributed by atoms with E-state index in [9.17, 15) is 9.59 Å². The average Bonchev–Trinajstić information content (AvgIpc) is 2.25. The van der Waals surface area contributed by atoms with Gasteiger partial charge in [0.15, 0.2) is 0 Å². The lowest BCUT2D eigenvalue weighted by Crippen LogP contribution is -2.25. The van der Waals surface area contributed by atoms with Crippen molar-refractivity contribution < 1.29 is 14.7 Å². The standard InChI is InChI=1S/C14H27NO3/c1-12(2)11-13(16)15-10-8-6-4-3-5-7-9-14(17)18/h12H,3-11H2,1-2H3,(H,15,16)(H,17,18). The summed E-state index contributed by atoms with van der Waals surface area (Å²) in [7, 11) is 0. The minimum Gasteiger partial charge on any atom is -0.481 e. The van der Waals surface area contributed by atoms with Crippen LogP contribution >= 0.6 is 0 Å². The zero-order chi connectivity index (χ0) is 13.8. The number of carbonyl (C=O) groups excluding carboxylic acids is 1. The molecule has 18 heavy (non-hydrogen) atoms. The summed E-state index contributed by atoms with van der Waals surface area (Å²) in [6.07, 6.45) is 7.00. The maximum Gasteiger partial charge on any atom is 0.303 e. The zero-order valence-electron chi connectivity index (χ0n) is 11.7. The molecule has 4 nitrogen and oxygen atoms in total. The van der Waals surface area contributed by atoms with E-state index < -0.39 is 5.97 Å². The molecule has 0 atom stereocenters. The molecule has 0 radical (unpaired) electrons. The number of carboxylic acids is 1. The Kier molecular flexibility index (Phi) is 10.4. The fourth-order valence-electron chi connectivity index (χ4n) is 1.78. The van der Waals surface area contributed by atoms with E-state index in [0.29, 0.717) is 12.3 Å². The van der Waals surface area contributed by atoms with Crippen molar-refractivity contribution in [2.24, 2.45) is 5.92 Å². The molecule has 0 bridgehead atoms. The van der Waals surface area contributed by atoms with Crippen molar-refractivity contribution in [3.05, 3.63) is 0 Å². The SMILES string of the molecule is CC(C)CC(=O)NCCCCCCCCC(=O)O. The van der Waals surface area contributed by atoms with Crippen LogP contribution in [0.25, 0.3) is 0 Å². The Morgan fingerprint density at radius 1 is 1.00 bits per heavy atom. The van der Waals surface area contributed by atoms with Crippen LogP contribution in [0, 0.1) is 5.92 Å². The summed E-state index contributed by atoms with van der Waals surface area (Å²) < 4.78 is 0. The Hall–Kier alpha value is -1.06. The van der Waals surface area contributed by atoms with E-state index in [-0.39, 0.29) is 12.3 Å². The molecule has 2 N–H and O–H groups in total. The molecule has 0 aliphatic rings.